The van der Waals surface area contributed by atoms with Crippen molar-refractivity contribution in [1.82, 2.24) is 0 Å². The highest BCUT2D eigenvalue weighted by Crippen LogP contribution is 2.31. The van der Waals surface area contributed by atoms with Gasteiger partial charge in [-0.15, -0.1) is 0 Å². The number of alkyl halides is 3. The van der Waals surface area contributed by atoms with Crippen molar-refractivity contribution >= 4 is 21.4 Å². The zero-order valence-corrected chi connectivity index (χ0v) is 15.8. The van der Waals surface area contributed by atoms with Gasteiger partial charge in [-0.2, -0.15) is 13.2 Å². The smallest absolute Gasteiger partial charge is 0.416 e. The molecule has 0 radical (unpaired) electrons. The number of aliphatic hydroxyl groups is 1. The second kappa shape index (κ2) is 7.80. The van der Waals surface area contributed by atoms with E-state index < -0.39 is 38.8 Å². The van der Waals surface area contributed by atoms with Gasteiger partial charge < -0.3 is 15.2 Å². The van der Waals surface area contributed by atoms with E-state index in [1.807, 2.05) is 0 Å². The number of methoxy groups -OCH3 is 1. The average molecular weight is 417 g/mol. The highest BCUT2D eigenvalue weighted by atomic mass is 32.2. The fourth-order valence-corrected chi connectivity index (χ4v) is 3.93. The van der Waals surface area contributed by atoms with Gasteiger partial charge in [0, 0.05) is 5.69 Å². The van der Waals surface area contributed by atoms with Crippen LogP contribution in [0.5, 0.6) is 5.75 Å². The topological polar surface area (TPSA) is 92.7 Å². The second-order valence-corrected chi connectivity index (χ2v) is 8.23. The van der Waals surface area contributed by atoms with Gasteiger partial charge in [-0.25, -0.2) is 8.42 Å². The van der Waals surface area contributed by atoms with E-state index >= 15 is 0 Å². The molecule has 0 bridgehead atoms. The molecule has 0 aliphatic heterocycles. The lowest BCUT2D eigenvalue weighted by Gasteiger charge is -2.22. The summed E-state index contributed by atoms with van der Waals surface area (Å²) in [4.78, 5) is 12.1. The minimum absolute atomic E-state index is 0.138. The molecule has 0 aliphatic carbocycles. The summed E-state index contributed by atoms with van der Waals surface area (Å²) >= 11 is 0. The summed E-state index contributed by atoms with van der Waals surface area (Å²) in [7, 11) is -2.65. The number of anilines is 1. The molecule has 2 N–H and O–H groups in total. The van der Waals surface area contributed by atoms with Crippen molar-refractivity contribution in [1.29, 1.82) is 0 Å². The molecule has 0 spiro atoms. The predicted molar refractivity (Wildman–Crippen MR) is 95.7 cm³/mol. The Morgan fingerprint density at radius 2 is 1.75 bits per heavy atom. The first-order chi connectivity index (χ1) is 12.8. The first kappa shape index (κ1) is 21.7. The first-order valence-electron chi connectivity index (χ1n) is 7.93. The van der Waals surface area contributed by atoms with E-state index in [0.717, 1.165) is 19.1 Å². The van der Waals surface area contributed by atoms with Crippen molar-refractivity contribution in [2.75, 3.05) is 18.2 Å². The van der Waals surface area contributed by atoms with Crippen LogP contribution in [0, 0.1) is 0 Å². The molecule has 0 fully saturated rings. The molecule has 0 aromatic heterocycles. The van der Waals surface area contributed by atoms with Gasteiger partial charge in [-0.3, -0.25) is 4.79 Å². The van der Waals surface area contributed by atoms with E-state index in [4.69, 9.17) is 4.74 Å². The maximum Gasteiger partial charge on any atom is 0.416 e. The van der Waals surface area contributed by atoms with Crippen molar-refractivity contribution in [3.63, 3.8) is 0 Å². The second-order valence-electron chi connectivity index (χ2n) is 6.24. The molecule has 1 unspecified atom stereocenters. The summed E-state index contributed by atoms with van der Waals surface area (Å²) in [5, 5.41) is 12.4. The average Bonchev–Trinajstić information content (AvgIpc) is 2.60. The highest BCUT2D eigenvalue weighted by molar-refractivity contribution is 7.91. The van der Waals surface area contributed by atoms with Crippen molar-refractivity contribution in [2.24, 2.45) is 0 Å². The molecular weight excluding hydrogens is 399 g/mol. The predicted octanol–water partition coefficient (Wildman–Crippen LogP) is 2.88. The van der Waals surface area contributed by atoms with Crippen LogP contribution in [0.1, 0.15) is 12.5 Å². The highest BCUT2D eigenvalue weighted by Gasteiger charge is 2.37. The number of hydrogen-bond acceptors (Lipinski definition) is 5. The van der Waals surface area contributed by atoms with Crippen LogP contribution >= 0.6 is 0 Å². The van der Waals surface area contributed by atoms with Gasteiger partial charge in [0.25, 0.3) is 5.91 Å². The van der Waals surface area contributed by atoms with Crippen LogP contribution in [-0.4, -0.2) is 37.9 Å². The Balaban J connectivity index is 2.18. The molecule has 28 heavy (non-hydrogen) atoms. The quantitative estimate of drug-likeness (QED) is 0.754. The Bertz CT molecular complexity index is 954. The van der Waals surface area contributed by atoms with Gasteiger partial charge >= 0.3 is 6.18 Å². The third kappa shape index (κ3) is 5.23. The number of amides is 1. The third-order valence-electron chi connectivity index (χ3n) is 3.83. The van der Waals surface area contributed by atoms with Crippen LogP contribution in [-0.2, 0) is 20.8 Å². The lowest BCUT2D eigenvalue weighted by Crippen LogP contribution is -2.45. The van der Waals surface area contributed by atoms with E-state index in [-0.39, 0.29) is 10.6 Å². The van der Waals surface area contributed by atoms with Crippen molar-refractivity contribution in [3.05, 3.63) is 54.1 Å². The Hall–Kier alpha value is -2.59. The van der Waals surface area contributed by atoms with Crippen molar-refractivity contribution in [2.45, 2.75) is 23.6 Å². The molecule has 6 nitrogen and oxygen atoms in total. The molecule has 0 heterocycles. The van der Waals surface area contributed by atoms with Gasteiger partial charge in [-0.1, -0.05) is 6.07 Å². The fraction of sp³-hybridized carbons (Fsp3) is 0.278. The minimum Gasteiger partial charge on any atom is -0.497 e. The lowest BCUT2D eigenvalue weighted by atomic mass is 10.1. The van der Waals surface area contributed by atoms with Gasteiger partial charge in [0.15, 0.2) is 15.4 Å². The SMILES string of the molecule is COc1ccc(S(=O)(=O)CC(C)(O)C(=O)Nc2cccc(C(F)(F)F)c2)cc1. The molecule has 0 saturated heterocycles. The van der Waals surface area contributed by atoms with E-state index in [0.29, 0.717) is 11.8 Å². The summed E-state index contributed by atoms with van der Waals surface area (Å²) in [6, 6.07) is 9.12. The summed E-state index contributed by atoms with van der Waals surface area (Å²) < 4.78 is 68.1. The van der Waals surface area contributed by atoms with Crippen LogP contribution in [0.15, 0.2) is 53.4 Å². The van der Waals surface area contributed by atoms with Crippen molar-refractivity contribution < 1.29 is 36.2 Å². The number of benzene rings is 2. The Kier molecular flexibility index (Phi) is 6.05. The normalized spacial score (nSPS) is 14.2. The van der Waals surface area contributed by atoms with Gasteiger partial charge in [0.2, 0.25) is 0 Å². The molecule has 2 aromatic carbocycles. The van der Waals surface area contributed by atoms with Crippen molar-refractivity contribution in [3.8, 4) is 5.75 Å². The van der Waals surface area contributed by atoms with Gasteiger partial charge in [-0.05, 0) is 49.4 Å². The lowest BCUT2D eigenvalue weighted by molar-refractivity contribution is -0.137. The standard InChI is InChI=1S/C18H18F3NO5S/c1-17(24,11-28(25,26)15-8-6-14(27-2)7-9-15)16(23)22-13-5-3-4-12(10-13)18(19,20)21/h3-10,24H,11H2,1-2H3,(H,22,23). The zero-order valence-electron chi connectivity index (χ0n) is 14.9. The molecule has 0 saturated carbocycles. The molecule has 10 heteroatoms. The number of sulfone groups is 1. The number of rotatable bonds is 6. The maximum atomic E-state index is 12.8. The van der Waals surface area contributed by atoms with Crippen LogP contribution in [0.25, 0.3) is 0 Å². The Morgan fingerprint density at radius 1 is 1.14 bits per heavy atom. The molecule has 2 aromatic rings. The van der Waals surface area contributed by atoms with E-state index in [1.54, 1.807) is 0 Å². The van der Waals surface area contributed by atoms with Crippen LogP contribution in [0.2, 0.25) is 0 Å². The molecule has 0 aliphatic rings. The largest absolute Gasteiger partial charge is 0.497 e. The Labute approximate surface area is 159 Å². The van der Waals surface area contributed by atoms with Gasteiger partial charge in [0.05, 0.1) is 23.3 Å². The first-order valence-corrected chi connectivity index (χ1v) is 9.58. The molecular formula is C18H18F3NO5S. The van der Waals surface area contributed by atoms with Crippen LogP contribution in [0.3, 0.4) is 0 Å². The van der Waals surface area contributed by atoms with Crippen LogP contribution < -0.4 is 10.1 Å². The number of halogens is 3. The van der Waals surface area contributed by atoms with E-state index in [2.05, 4.69) is 5.32 Å². The van der Waals surface area contributed by atoms with Gasteiger partial charge in [0.1, 0.15) is 5.75 Å². The summed E-state index contributed by atoms with van der Waals surface area (Å²) in [5.74, 6) is -1.69. The molecule has 2 rings (SSSR count). The minimum atomic E-state index is -4.61. The molecule has 1 amide bonds. The number of carbonyl (C=O) groups excluding carboxylic acids is 1. The van der Waals surface area contributed by atoms with E-state index in [9.17, 15) is 31.5 Å². The number of ether oxygens (including phenoxy) is 1. The maximum absolute atomic E-state index is 12.8. The molecule has 152 valence electrons. The number of nitrogens with one attached hydrogen (secondary N) is 1. The monoisotopic (exact) mass is 417 g/mol. The summed E-state index contributed by atoms with van der Waals surface area (Å²) in [6.45, 7) is 0.969. The third-order valence-corrected chi connectivity index (χ3v) is 5.76. The fourth-order valence-electron chi connectivity index (χ4n) is 2.34. The Morgan fingerprint density at radius 3 is 2.29 bits per heavy atom. The van der Waals surface area contributed by atoms with Crippen LogP contribution in [0.4, 0.5) is 18.9 Å². The van der Waals surface area contributed by atoms with E-state index in [1.165, 1.54) is 37.4 Å². The zero-order chi connectivity index (χ0) is 21.2. The summed E-state index contributed by atoms with van der Waals surface area (Å²) in [5.41, 5.74) is -3.59. The molecule has 1 atom stereocenters. The number of carbonyl (C=O) groups is 1. The number of hydrogen-bond donors (Lipinski definition) is 2. The summed E-state index contributed by atoms with van der Waals surface area (Å²) in [6.07, 6.45) is -4.61.